The van der Waals surface area contributed by atoms with E-state index in [0.717, 1.165) is 19.3 Å². The quantitative estimate of drug-likeness (QED) is 0.308. The summed E-state index contributed by atoms with van der Waals surface area (Å²) in [5.74, 6) is 0. The van der Waals surface area contributed by atoms with Crippen molar-refractivity contribution in [2.75, 3.05) is 0 Å². The average molecular weight is 311 g/mol. The highest BCUT2D eigenvalue weighted by Gasteiger charge is 2.32. The number of hydrogen-bond donors (Lipinski definition) is 2. The Morgan fingerprint density at radius 3 is 1.63 bits per heavy atom. The summed E-state index contributed by atoms with van der Waals surface area (Å²) in [5.41, 5.74) is 0. The van der Waals surface area contributed by atoms with Crippen molar-refractivity contribution in [2.45, 2.75) is 88.6 Å². The van der Waals surface area contributed by atoms with Gasteiger partial charge in [-0.3, -0.25) is 4.55 Å². The number of hydrogen-bond acceptors (Lipinski definition) is 3. The van der Waals surface area contributed by atoms with E-state index >= 15 is 0 Å². The molecule has 0 aromatic heterocycles. The van der Waals surface area contributed by atoms with Crippen LogP contribution in [-0.4, -0.2) is 17.0 Å². The first-order valence-corrected chi connectivity index (χ1v) is 9.39. The maximum atomic E-state index is 11.0. The molecule has 0 aliphatic heterocycles. The Morgan fingerprint density at radius 2 is 1.26 bits per heavy atom. The van der Waals surface area contributed by atoms with Crippen LogP contribution in [0.3, 0.4) is 0 Å². The molecule has 0 radical (unpaired) electrons. The van der Waals surface area contributed by atoms with Crippen LogP contribution in [0.1, 0.15) is 84.5 Å². The van der Waals surface area contributed by atoms with E-state index in [1.165, 1.54) is 51.9 Å². The molecule has 116 valence electrons. The van der Waals surface area contributed by atoms with Crippen molar-refractivity contribution in [1.82, 2.24) is 0 Å². The van der Waals surface area contributed by atoms with Gasteiger partial charge in [0.15, 0.2) is 0 Å². The molecule has 0 amide bonds. The number of thiol groups is 1. The first kappa shape index (κ1) is 19.3. The zero-order valence-corrected chi connectivity index (χ0v) is 14.1. The summed E-state index contributed by atoms with van der Waals surface area (Å²) in [4.78, 5) is 0. The third kappa shape index (κ3) is 9.74. The highest BCUT2D eigenvalue weighted by molar-refractivity contribution is 8.03. The third-order valence-electron chi connectivity index (χ3n) is 3.55. The Labute approximate surface area is 124 Å². The van der Waals surface area contributed by atoms with Crippen LogP contribution in [0.4, 0.5) is 0 Å². The van der Waals surface area contributed by atoms with Crippen LogP contribution in [0.15, 0.2) is 0 Å². The van der Waals surface area contributed by atoms with Crippen LogP contribution in [-0.2, 0) is 10.1 Å². The predicted molar refractivity (Wildman–Crippen MR) is 85.4 cm³/mol. The minimum Gasteiger partial charge on any atom is -0.284 e. The van der Waals surface area contributed by atoms with Gasteiger partial charge in [-0.1, -0.05) is 71.1 Å². The van der Waals surface area contributed by atoms with Crippen molar-refractivity contribution in [3.63, 3.8) is 0 Å². The highest BCUT2D eigenvalue weighted by Crippen LogP contribution is 2.27. The summed E-state index contributed by atoms with van der Waals surface area (Å²) in [5, 5.41) is 0. The van der Waals surface area contributed by atoms with E-state index < -0.39 is 14.2 Å². The molecule has 5 heteroatoms. The van der Waals surface area contributed by atoms with Crippen molar-refractivity contribution in [3.05, 3.63) is 0 Å². The second-order valence-electron chi connectivity index (χ2n) is 5.58. The van der Waals surface area contributed by atoms with Crippen molar-refractivity contribution in [3.8, 4) is 0 Å². The number of rotatable bonds is 12. The van der Waals surface area contributed by atoms with Crippen molar-refractivity contribution < 1.29 is 13.0 Å². The fraction of sp³-hybridized carbons (Fsp3) is 1.00. The minimum absolute atomic E-state index is 0.408. The summed E-state index contributed by atoms with van der Waals surface area (Å²) in [7, 11) is -4.05. The van der Waals surface area contributed by atoms with Crippen LogP contribution in [0, 0.1) is 0 Å². The molecule has 0 aliphatic rings. The van der Waals surface area contributed by atoms with Crippen molar-refractivity contribution >= 4 is 22.7 Å². The summed E-state index contributed by atoms with van der Waals surface area (Å²) in [6.07, 6.45) is 12.5. The molecule has 0 aliphatic carbocycles. The lowest BCUT2D eigenvalue weighted by atomic mass is 10.1. The molecule has 0 saturated heterocycles. The standard InChI is InChI=1S/C14H30O3S2/c1-3-4-5-6-7-8-9-10-11-12-13-14(2,18)19(15,16)17/h18H,3-13H2,1-2H3,(H,15,16,17). The fourth-order valence-electron chi connectivity index (χ4n) is 2.07. The van der Waals surface area contributed by atoms with Gasteiger partial charge in [-0.25, -0.2) is 0 Å². The van der Waals surface area contributed by atoms with E-state index in [-0.39, 0.29) is 0 Å². The zero-order chi connectivity index (χ0) is 14.8. The second-order valence-corrected chi connectivity index (χ2v) is 8.72. The molecular formula is C14H30O3S2. The molecule has 0 saturated carbocycles. The largest absolute Gasteiger partial charge is 0.284 e. The monoisotopic (exact) mass is 310 g/mol. The first-order valence-electron chi connectivity index (χ1n) is 7.50. The number of unbranched alkanes of at least 4 members (excludes halogenated alkanes) is 9. The summed E-state index contributed by atoms with van der Waals surface area (Å²) in [6.45, 7) is 3.68. The molecule has 0 bridgehead atoms. The van der Waals surface area contributed by atoms with Crippen molar-refractivity contribution in [2.24, 2.45) is 0 Å². The van der Waals surface area contributed by atoms with Gasteiger partial charge in [0, 0.05) is 0 Å². The van der Waals surface area contributed by atoms with Gasteiger partial charge < -0.3 is 0 Å². The molecule has 0 aromatic rings. The van der Waals surface area contributed by atoms with Gasteiger partial charge in [0.2, 0.25) is 0 Å². The topological polar surface area (TPSA) is 54.4 Å². The Hall–Kier alpha value is 0.260. The summed E-state index contributed by atoms with van der Waals surface area (Å²) >= 11 is 4.02. The van der Waals surface area contributed by atoms with Crippen molar-refractivity contribution in [1.29, 1.82) is 0 Å². The van der Waals surface area contributed by atoms with Gasteiger partial charge in [0.1, 0.15) is 4.08 Å². The normalized spacial score (nSPS) is 15.4. The van der Waals surface area contributed by atoms with Gasteiger partial charge in [0.05, 0.1) is 0 Å². The first-order chi connectivity index (χ1) is 8.81. The van der Waals surface area contributed by atoms with Gasteiger partial charge in [0.25, 0.3) is 10.1 Å². The Morgan fingerprint density at radius 1 is 0.895 bits per heavy atom. The lowest BCUT2D eigenvalue weighted by Crippen LogP contribution is -2.28. The van der Waals surface area contributed by atoms with Crippen LogP contribution in [0.5, 0.6) is 0 Å². The minimum atomic E-state index is -4.05. The van der Waals surface area contributed by atoms with Gasteiger partial charge in [-0.15, -0.1) is 0 Å². The molecule has 1 atom stereocenters. The molecule has 19 heavy (non-hydrogen) atoms. The molecule has 1 N–H and O–H groups in total. The van der Waals surface area contributed by atoms with Gasteiger partial charge in [-0.2, -0.15) is 21.0 Å². The van der Waals surface area contributed by atoms with E-state index in [0.29, 0.717) is 6.42 Å². The zero-order valence-electron chi connectivity index (χ0n) is 12.4. The predicted octanol–water partition coefficient (Wildman–Crippen LogP) is 4.83. The molecule has 0 fully saturated rings. The van der Waals surface area contributed by atoms with E-state index in [1.54, 1.807) is 0 Å². The lowest BCUT2D eigenvalue weighted by molar-refractivity contribution is 0.453. The molecular weight excluding hydrogens is 280 g/mol. The van der Waals surface area contributed by atoms with Crippen LogP contribution in [0.2, 0.25) is 0 Å². The summed E-state index contributed by atoms with van der Waals surface area (Å²) < 4.78 is 29.7. The second kappa shape index (κ2) is 10.1. The Kier molecular flexibility index (Phi) is 10.2. The van der Waals surface area contributed by atoms with Crippen LogP contribution >= 0.6 is 12.6 Å². The molecule has 0 spiro atoms. The molecule has 0 aromatic carbocycles. The van der Waals surface area contributed by atoms with E-state index in [2.05, 4.69) is 19.6 Å². The average Bonchev–Trinajstić information content (AvgIpc) is 2.30. The SMILES string of the molecule is CCCCCCCCCCCCC(C)(S)S(=O)(=O)O. The van der Waals surface area contributed by atoms with Crippen LogP contribution < -0.4 is 0 Å². The highest BCUT2D eigenvalue weighted by atomic mass is 32.3. The Balaban J connectivity index is 3.42. The molecule has 0 rings (SSSR count). The smallest absolute Gasteiger partial charge is 0.279 e. The maximum absolute atomic E-state index is 11.0. The maximum Gasteiger partial charge on any atom is 0.279 e. The fourth-order valence-corrected chi connectivity index (χ4v) is 2.63. The van der Waals surface area contributed by atoms with E-state index in [9.17, 15) is 8.42 Å². The lowest BCUT2D eigenvalue weighted by Gasteiger charge is -2.19. The third-order valence-corrected chi connectivity index (χ3v) is 5.78. The summed E-state index contributed by atoms with van der Waals surface area (Å²) in [6, 6.07) is 0. The van der Waals surface area contributed by atoms with Crippen LogP contribution in [0.25, 0.3) is 0 Å². The van der Waals surface area contributed by atoms with Gasteiger partial charge in [-0.05, 0) is 13.3 Å². The molecule has 1 unspecified atom stereocenters. The van der Waals surface area contributed by atoms with E-state index in [1.807, 2.05) is 0 Å². The van der Waals surface area contributed by atoms with E-state index in [4.69, 9.17) is 4.55 Å². The Bertz CT molecular complexity index is 311. The molecule has 0 heterocycles. The van der Waals surface area contributed by atoms with Gasteiger partial charge >= 0.3 is 0 Å². The molecule has 3 nitrogen and oxygen atoms in total.